The highest BCUT2D eigenvalue weighted by Gasteiger charge is 2.53. The van der Waals surface area contributed by atoms with Gasteiger partial charge in [-0.2, -0.15) is 0 Å². The van der Waals surface area contributed by atoms with Crippen LogP contribution in [-0.4, -0.2) is 29.0 Å². The molecule has 5 nitrogen and oxygen atoms in total. The van der Waals surface area contributed by atoms with Crippen molar-refractivity contribution in [2.75, 3.05) is 18.4 Å². The number of rotatable bonds is 2. The van der Waals surface area contributed by atoms with E-state index >= 15 is 0 Å². The predicted molar refractivity (Wildman–Crippen MR) is 74.2 cm³/mol. The number of nitrogens with one attached hydrogen (secondary N) is 1. The van der Waals surface area contributed by atoms with E-state index in [1.165, 1.54) is 12.8 Å². The Morgan fingerprint density at radius 1 is 1.30 bits per heavy atom. The summed E-state index contributed by atoms with van der Waals surface area (Å²) in [6, 6.07) is 7.24. The lowest BCUT2D eigenvalue weighted by molar-refractivity contribution is 0.116. The van der Waals surface area contributed by atoms with Crippen molar-refractivity contribution < 1.29 is 9.21 Å². The summed E-state index contributed by atoms with van der Waals surface area (Å²) in [7, 11) is 0. The van der Waals surface area contributed by atoms with Gasteiger partial charge >= 0.3 is 6.03 Å². The Labute approximate surface area is 116 Å². The maximum absolute atomic E-state index is 12.2. The molecule has 2 aliphatic rings. The minimum atomic E-state index is -0.0525. The van der Waals surface area contributed by atoms with Crippen LogP contribution >= 0.6 is 0 Å². The Morgan fingerprint density at radius 2 is 2.15 bits per heavy atom. The quantitative estimate of drug-likeness (QED) is 0.911. The number of hydrogen-bond acceptors (Lipinski definition) is 3. The van der Waals surface area contributed by atoms with Gasteiger partial charge in [0.15, 0.2) is 5.76 Å². The Balaban J connectivity index is 1.52. The molecule has 1 spiro atoms. The summed E-state index contributed by atoms with van der Waals surface area (Å²) in [6.45, 7) is 1.77. The van der Waals surface area contributed by atoms with Crippen LogP contribution in [0, 0.1) is 5.41 Å². The standard InChI is InChI=1S/C15H15N3O2/c19-14(18-9-15(10-18)5-6-15)17-11-3-1-7-16-13(11)12-4-2-8-20-12/h1-4,7-8H,5-6,9-10H2,(H,17,19). The SMILES string of the molecule is O=C(Nc1cccnc1-c1ccco1)N1CC2(CC2)C1. The lowest BCUT2D eigenvalue weighted by atomic mass is 9.98. The summed E-state index contributed by atoms with van der Waals surface area (Å²) >= 11 is 0. The van der Waals surface area contributed by atoms with Gasteiger partial charge in [0.1, 0.15) is 5.69 Å². The Hall–Kier alpha value is -2.30. The molecule has 1 saturated carbocycles. The molecule has 4 rings (SSSR count). The van der Waals surface area contributed by atoms with Gasteiger partial charge < -0.3 is 14.6 Å². The van der Waals surface area contributed by atoms with Gasteiger partial charge in [-0.25, -0.2) is 4.79 Å². The fourth-order valence-corrected chi connectivity index (χ4v) is 2.71. The Kier molecular flexibility index (Phi) is 2.36. The van der Waals surface area contributed by atoms with Gasteiger partial charge in [0, 0.05) is 24.7 Å². The van der Waals surface area contributed by atoms with Crippen LogP contribution < -0.4 is 5.32 Å². The number of carbonyl (C=O) groups is 1. The number of furan rings is 1. The van der Waals surface area contributed by atoms with Gasteiger partial charge in [0.05, 0.1) is 12.0 Å². The molecule has 1 saturated heterocycles. The molecule has 3 heterocycles. The molecular formula is C15H15N3O2. The minimum Gasteiger partial charge on any atom is -0.463 e. The molecular weight excluding hydrogens is 254 g/mol. The zero-order chi connectivity index (χ0) is 13.6. The van der Waals surface area contributed by atoms with E-state index in [1.807, 2.05) is 23.1 Å². The molecule has 0 bridgehead atoms. The van der Waals surface area contributed by atoms with Gasteiger partial charge in [0.25, 0.3) is 0 Å². The van der Waals surface area contributed by atoms with E-state index in [1.54, 1.807) is 18.5 Å². The summed E-state index contributed by atoms with van der Waals surface area (Å²) in [5, 5.41) is 2.93. The number of carbonyl (C=O) groups excluding carboxylic acids is 1. The number of hydrogen-bond donors (Lipinski definition) is 1. The second kappa shape index (κ2) is 4.10. The molecule has 20 heavy (non-hydrogen) atoms. The number of nitrogens with zero attached hydrogens (tertiary/aromatic N) is 2. The number of anilines is 1. The number of likely N-dealkylation sites (tertiary alicyclic amines) is 1. The second-order valence-electron chi connectivity index (χ2n) is 5.66. The van der Waals surface area contributed by atoms with Crippen LogP contribution in [0.5, 0.6) is 0 Å². The van der Waals surface area contributed by atoms with E-state index < -0.39 is 0 Å². The van der Waals surface area contributed by atoms with Crippen LogP contribution in [0.2, 0.25) is 0 Å². The first-order valence-electron chi connectivity index (χ1n) is 6.81. The van der Waals surface area contributed by atoms with Crippen LogP contribution in [-0.2, 0) is 0 Å². The van der Waals surface area contributed by atoms with Crippen molar-refractivity contribution in [3.8, 4) is 11.5 Å². The highest BCUT2D eigenvalue weighted by Crippen LogP contribution is 2.52. The third kappa shape index (κ3) is 1.86. The van der Waals surface area contributed by atoms with Crippen LogP contribution in [0.4, 0.5) is 10.5 Å². The highest BCUT2D eigenvalue weighted by molar-refractivity contribution is 5.93. The van der Waals surface area contributed by atoms with Crippen molar-refractivity contribution in [3.63, 3.8) is 0 Å². The fraction of sp³-hybridized carbons (Fsp3) is 0.333. The maximum atomic E-state index is 12.2. The lowest BCUT2D eigenvalue weighted by Crippen LogP contribution is -2.53. The first kappa shape index (κ1) is 11.5. The molecule has 0 atom stereocenters. The largest absolute Gasteiger partial charge is 0.463 e. The molecule has 0 radical (unpaired) electrons. The smallest absolute Gasteiger partial charge is 0.321 e. The molecule has 2 amide bonds. The zero-order valence-corrected chi connectivity index (χ0v) is 11.0. The van der Waals surface area contributed by atoms with E-state index in [0.29, 0.717) is 22.6 Å². The number of pyridine rings is 1. The van der Waals surface area contributed by atoms with Crippen LogP contribution in [0.15, 0.2) is 41.1 Å². The molecule has 2 fully saturated rings. The molecule has 102 valence electrons. The van der Waals surface area contributed by atoms with Crippen molar-refractivity contribution in [1.29, 1.82) is 0 Å². The van der Waals surface area contributed by atoms with Crippen molar-refractivity contribution in [3.05, 3.63) is 36.7 Å². The average molecular weight is 269 g/mol. The summed E-state index contributed by atoms with van der Waals surface area (Å²) < 4.78 is 5.36. The molecule has 1 aliphatic heterocycles. The molecule has 2 aromatic rings. The van der Waals surface area contributed by atoms with E-state index in [0.717, 1.165) is 13.1 Å². The van der Waals surface area contributed by atoms with Crippen LogP contribution in [0.1, 0.15) is 12.8 Å². The minimum absolute atomic E-state index is 0.0525. The van der Waals surface area contributed by atoms with Crippen LogP contribution in [0.25, 0.3) is 11.5 Å². The van der Waals surface area contributed by atoms with Gasteiger partial charge in [-0.3, -0.25) is 4.98 Å². The van der Waals surface area contributed by atoms with Crippen molar-refractivity contribution >= 4 is 11.7 Å². The fourth-order valence-electron chi connectivity index (χ4n) is 2.71. The summed E-state index contributed by atoms with van der Waals surface area (Å²) in [5.74, 6) is 0.656. The van der Waals surface area contributed by atoms with E-state index in [4.69, 9.17) is 4.42 Å². The Morgan fingerprint density at radius 3 is 2.85 bits per heavy atom. The summed E-state index contributed by atoms with van der Waals surface area (Å²) in [4.78, 5) is 18.3. The topological polar surface area (TPSA) is 58.4 Å². The normalized spacial score (nSPS) is 18.7. The highest BCUT2D eigenvalue weighted by atomic mass is 16.3. The van der Waals surface area contributed by atoms with Gasteiger partial charge in [0.2, 0.25) is 0 Å². The van der Waals surface area contributed by atoms with Crippen LogP contribution in [0.3, 0.4) is 0 Å². The van der Waals surface area contributed by atoms with E-state index in [9.17, 15) is 4.79 Å². The monoisotopic (exact) mass is 269 g/mol. The lowest BCUT2D eigenvalue weighted by Gasteiger charge is -2.39. The second-order valence-corrected chi connectivity index (χ2v) is 5.66. The molecule has 1 N–H and O–H groups in total. The molecule has 2 aromatic heterocycles. The average Bonchev–Trinajstić information content (AvgIpc) is 3.05. The van der Waals surface area contributed by atoms with Gasteiger partial charge in [-0.15, -0.1) is 0 Å². The molecule has 0 unspecified atom stereocenters. The summed E-state index contributed by atoms with van der Waals surface area (Å²) in [5.41, 5.74) is 1.81. The number of urea groups is 1. The summed E-state index contributed by atoms with van der Waals surface area (Å²) in [6.07, 6.45) is 5.82. The maximum Gasteiger partial charge on any atom is 0.321 e. The van der Waals surface area contributed by atoms with E-state index in [2.05, 4.69) is 10.3 Å². The third-order valence-corrected chi connectivity index (χ3v) is 4.10. The number of aromatic nitrogens is 1. The first-order valence-corrected chi connectivity index (χ1v) is 6.81. The van der Waals surface area contributed by atoms with Gasteiger partial charge in [-0.05, 0) is 37.1 Å². The zero-order valence-electron chi connectivity index (χ0n) is 11.0. The van der Waals surface area contributed by atoms with Crippen molar-refractivity contribution in [1.82, 2.24) is 9.88 Å². The molecule has 0 aromatic carbocycles. The predicted octanol–water partition coefficient (Wildman–Crippen LogP) is 2.97. The Bertz CT molecular complexity index is 639. The number of amides is 2. The third-order valence-electron chi connectivity index (χ3n) is 4.10. The first-order chi connectivity index (χ1) is 9.76. The van der Waals surface area contributed by atoms with Crippen molar-refractivity contribution in [2.45, 2.75) is 12.8 Å². The van der Waals surface area contributed by atoms with Gasteiger partial charge in [-0.1, -0.05) is 0 Å². The molecule has 5 heteroatoms. The van der Waals surface area contributed by atoms with Crippen molar-refractivity contribution in [2.24, 2.45) is 5.41 Å². The molecule has 1 aliphatic carbocycles. The van der Waals surface area contributed by atoms with E-state index in [-0.39, 0.29) is 6.03 Å².